The SMILES string of the molecule is CCC(CC)(COCCN)C(=O)OCI. The second kappa shape index (κ2) is 8.29. The highest BCUT2D eigenvalue weighted by Gasteiger charge is 2.36. The van der Waals surface area contributed by atoms with Gasteiger partial charge in [0.15, 0.2) is 0 Å². The fourth-order valence-electron chi connectivity index (χ4n) is 1.36. The molecule has 4 nitrogen and oxygen atoms in total. The van der Waals surface area contributed by atoms with Crippen molar-refractivity contribution in [3.8, 4) is 0 Å². The van der Waals surface area contributed by atoms with E-state index in [1.165, 1.54) is 0 Å². The standard InChI is InChI=1S/C10H20INO3/c1-3-10(4-2,7-14-6-5-12)9(13)15-8-11/h3-8,12H2,1-2H3. The summed E-state index contributed by atoms with van der Waals surface area (Å²) in [5.41, 5.74) is 4.83. The van der Waals surface area contributed by atoms with Crippen LogP contribution in [-0.2, 0) is 14.3 Å². The molecular formula is C10H20INO3. The van der Waals surface area contributed by atoms with Gasteiger partial charge in [-0.3, -0.25) is 4.79 Å². The molecule has 0 heterocycles. The van der Waals surface area contributed by atoms with E-state index in [1.54, 1.807) is 0 Å². The van der Waals surface area contributed by atoms with Crippen molar-refractivity contribution in [1.82, 2.24) is 0 Å². The quantitative estimate of drug-likeness (QED) is 0.319. The minimum atomic E-state index is -0.500. The molecule has 0 saturated heterocycles. The van der Waals surface area contributed by atoms with Crippen molar-refractivity contribution >= 4 is 28.6 Å². The zero-order valence-corrected chi connectivity index (χ0v) is 11.6. The van der Waals surface area contributed by atoms with Crippen molar-refractivity contribution in [2.45, 2.75) is 26.7 Å². The molecular weight excluding hydrogens is 309 g/mol. The molecule has 5 heteroatoms. The molecule has 0 aliphatic rings. The Bertz CT molecular complexity index is 184. The van der Waals surface area contributed by atoms with Gasteiger partial charge in [-0.25, -0.2) is 0 Å². The van der Waals surface area contributed by atoms with Crippen LogP contribution in [0.25, 0.3) is 0 Å². The van der Waals surface area contributed by atoms with Crippen LogP contribution in [0.2, 0.25) is 0 Å². The number of carbonyl (C=O) groups is 1. The maximum atomic E-state index is 11.8. The van der Waals surface area contributed by atoms with Crippen molar-refractivity contribution in [3.63, 3.8) is 0 Å². The number of hydrogen-bond acceptors (Lipinski definition) is 4. The van der Waals surface area contributed by atoms with Crippen LogP contribution in [0.15, 0.2) is 0 Å². The number of halogens is 1. The Morgan fingerprint density at radius 2 is 2.00 bits per heavy atom. The summed E-state index contributed by atoms with van der Waals surface area (Å²) >= 11 is 2.02. The number of hydrogen-bond donors (Lipinski definition) is 1. The number of esters is 1. The van der Waals surface area contributed by atoms with Crippen LogP contribution in [0, 0.1) is 5.41 Å². The zero-order chi connectivity index (χ0) is 11.7. The summed E-state index contributed by atoms with van der Waals surface area (Å²) in [6.07, 6.45) is 1.45. The number of carbonyl (C=O) groups excluding carboxylic acids is 1. The minimum absolute atomic E-state index is 0.168. The van der Waals surface area contributed by atoms with Crippen LogP contribution in [0.4, 0.5) is 0 Å². The van der Waals surface area contributed by atoms with Gasteiger partial charge in [-0.05, 0) is 35.4 Å². The molecule has 0 fully saturated rings. The van der Waals surface area contributed by atoms with Crippen molar-refractivity contribution in [2.24, 2.45) is 11.1 Å². The molecule has 0 bridgehead atoms. The third-order valence-electron chi connectivity index (χ3n) is 2.61. The third-order valence-corrected chi connectivity index (χ3v) is 2.92. The number of alkyl halides is 1. The Morgan fingerprint density at radius 3 is 2.40 bits per heavy atom. The largest absolute Gasteiger partial charge is 0.455 e. The first-order chi connectivity index (χ1) is 7.16. The van der Waals surface area contributed by atoms with Gasteiger partial charge in [0.05, 0.1) is 18.6 Å². The van der Waals surface area contributed by atoms with E-state index in [9.17, 15) is 4.79 Å². The first-order valence-electron chi connectivity index (χ1n) is 5.17. The molecule has 0 aromatic rings. The van der Waals surface area contributed by atoms with Gasteiger partial charge in [0.25, 0.3) is 0 Å². The van der Waals surface area contributed by atoms with Gasteiger partial charge < -0.3 is 15.2 Å². The molecule has 0 radical (unpaired) electrons. The van der Waals surface area contributed by atoms with Crippen LogP contribution in [0.1, 0.15) is 26.7 Å². The predicted octanol–water partition coefficient (Wildman–Crippen LogP) is 1.70. The highest BCUT2D eigenvalue weighted by Crippen LogP contribution is 2.28. The fourth-order valence-corrected chi connectivity index (χ4v) is 1.64. The monoisotopic (exact) mass is 329 g/mol. The van der Waals surface area contributed by atoms with Gasteiger partial charge in [-0.2, -0.15) is 0 Å². The summed E-state index contributed by atoms with van der Waals surface area (Å²) in [5, 5.41) is 0. The van der Waals surface area contributed by atoms with E-state index in [4.69, 9.17) is 15.2 Å². The Balaban J connectivity index is 4.35. The van der Waals surface area contributed by atoms with Crippen LogP contribution in [-0.4, -0.2) is 30.3 Å². The fraction of sp³-hybridized carbons (Fsp3) is 0.900. The molecule has 0 aliphatic carbocycles. The average molecular weight is 329 g/mol. The van der Waals surface area contributed by atoms with E-state index in [-0.39, 0.29) is 5.97 Å². The maximum absolute atomic E-state index is 11.8. The Hall–Kier alpha value is 0.120. The lowest BCUT2D eigenvalue weighted by atomic mass is 9.83. The van der Waals surface area contributed by atoms with Crippen LogP contribution in [0.3, 0.4) is 0 Å². The molecule has 0 spiro atoms. The normalized spacial score (nSPS) is 11.5. The summed E-state index contributed by atoms with van der Waals surface area (Å²) < 4.78 is 10.8. The third kappa shape index (κ3) is 4.65. The Morgan fingerprint density at radius 1 is 1.40 bits per heavy atom. The molecule has 0 atom stereocenters. The van der Waals surface area contributed by atoms with Crippen LogP contribution >= 0.6 is 22.6 Å². The van der Waals surface area contributed by atoms with Crippen molar-refractivity contribution in [2.75, 3.05) is 24.4 Å². The van der Waals surface area contributed by atoms with Gasteiger partial charge in [0.1, 0.15) is 4.61 Å². The molecule has 0 aromatic heterocycles. The predicted molar refractivity (Wildman–Crippen MR) is 67.9 cm³/mol. The smallest absolute Gasteiger partial charge is 0.315 e. The minimum Gasteiger partial charge on any atom is -0.455 e. The van der Waals surface area contributed by atoms with Gasteiger partial charge in [0, 0.05) is 6.54 Å². The lowest BCUT2D eigenvalue weighted by molar-refractivity contribution is -0.158. The van der Waals surface area contributed by atoms with E-state index in [0.29, 0.717) is 24.4 Å². The highest BCUT2D eigenvalue weighted by atomic mass is 127. The van der Waals surface area contributed by atoms with E-state index >= 15 is 0 Å². The molecule has 0 saturated carbocycles. The second-order valence-corrected chi connectivity index (χ2v) is 3.99. The van der Waals surface area contributed by atoms with Gasteiger partial charge in [-0.1, -0.05) is 13.8 Å². The van der Waals surface area contributed by atoms with Crippen molar-refractivity contribution in [3.05, 3.63) is 0 Å². The zero-order valence-electron chi connectivity index (χ0n) is 9.42. The summed E-state index contributed by atoms with van der Waals surface area (Å²) in [7, 11) is 0. The molecule has 0 unspecified atom stereocenters. The van der Waals surface area contributed by atoms with E-state index in [2.05, 4.69) is 0 Å². The number of nitrogens with two attached hydrogens (primary N) is 1. The number of ether oxygens (including phenoxy) is 2. The van der Waals surface area contributed by atoms with Gasteiger partial charge >= 0.3 is 5.97 Å². The second-order valence-electron chi connectivity index (χ2n) is 3.37. The van der Waals surface area contributed by atoms with E-state index in [1.807, 2.05) is 36.4 Å². The molecule has 2 N–H and O–H groups in total. The first-order valence-corrected chi connectivity index (χ1v) is 6.70. The first kappa shape index (κ1) is 15.1. The average Bonchev–Trinajstić information content (AvgIpc) is 2.25. The molecule has 90 valence electrons. The molecule has 0 amide bonds. The molecule has 0 rings (SSSR count). The lowest BCUT2D eigenvalue weighted by Gasteiger charge is -2.28. The van der Waals surface area contributed by atoms with Crippen molar-refractivity contribution < 1.29 is 14.3 Å². The highest BCUT2D eigenvalue weighted by molar-refractivity contribution is 14.1. The Kier molecular flexibility index (Phi) is 8.36. The van der Waals surface area contributed by atoms with Crippen LogP contribution < -0.4 is 5.73 Å². The van der Waals surface area contributed by atoms with Crippen molar-refractivity contribution in [1.29, 1.82) is 0 Å². The Labute approximate surface area is 105 Å². The van der Waals surface area contributed by atoms with Crippen LogP contribution in [0.5, 0.6) is 0 Å². The molecule has 0 aliphatic heterocycles. The lowest BCUT2D eigenvalue weighted by Crippen LogP contribution is -2.37. The maximum Gasteiger partial charge on any atom is 0.315 e. The summed E-state index contributed by atoms with van der Waals surface area (Å²) in [6.45, 7) is 5.31. The number of rotatable bonds is 8. The topological polar surface area (TPSA) is 61.5 Å². The summed E-state index contributed by atoms with van der Waals surface area (Å²) in [4.78, 5) is 11.8. The molecule has 15 heavy (non-hydrogen) atoms. The summed E-state index contributed by atoms with van der Waals surface area (Å²) in [5.74, 6) is -0.168. The molecule has 0 aromatic carbocycles. The van der Waals surface area contributed by atoms with E-state index < -0.39 is 5.41 Å². The van der Waals surface area contributed by atoms with E-state index in [0.717, 1.165) is 12.8 Å². The van der Waals surface area contributed by atoms with Gasteiger partial charge in [-0.15, -0.1) is 0 Å². The summed E-state index contributed by atoms with van der Waals surface area (Å²) in [6, 6.07) is 0. The van der Waals surface area contributed by atoms with Gasteiger partial charge in [0.2, 0.25) is 0 Å².